The van der Waals surface area contributed by atoms with Crippen molar-refractivity contribution in [2.24, 2.45) is 46.3 Å². The van der Waals surface area contributed by atoms with Crippen LogP contribution in [0.5, 0.6) is 0 Å². The number of methoxy groups -OCH3 is 1. The van der Waals surface area contributed by atoms with Crippen LogP contribution in [0.3, 0.4) is 0 Å². The summed E-state index contributed by atoms with van der Waals surface area (Å²) in [4.78, 5) is 46.8. The number of alkyl halides is 4. The van der Waals surface area contributed by atoms with Crippen molar-refractivity contribution in [3.05, 3.63) is 0 Å². The maximum Gasteiger partial charge on any atom is 0.376 e. The second kappa shape index (κ2) is 11.2. The first-order chi connectivity index (χ1) is 20.0. The molecule has 4 atom stereocenters. The number of halogens is 4. The Labute approximate surface area is 247 Å². The number of carboxylic acid groups (broad SMARTS) is 1. The molecule has 242 valence electrons. The van der Waals surface area contributed by atoms with E-state index in [2.05, 4.69) is 0 Å². The normalized spacial score (nSPS) is 40.3. The third-order valence-corrected chi connectivity index (χ3v) is 10.8. The molecule has 0 amide bonds. The minimum absolute atomic E-state index is 0.0392. The van der Waals surface area contributed by atoms with Gasteiger partial charge in [-0.15, -0.1) is 0 Å². The Balaban J connectivity index is 0.000000173. The van der Waals surface area contributed by atoms with Crippen LogP contribution in [0.25, 0.3) is 0 Å². The Kier molecular flexibility index (Phi) is 8.31. The van der Waals surface area contributed by atoms with Crippen LogP contribution in [0.1, 0.15) is 78.1 Å². The molecule has 4 unspecified atom stereocenters. The number of aliphatic carboxylic acids is 1. The van der Waals surface area contributed by atoms with E-state index >= 15 is 0 Å². The first kappa shape index (κ1) is 32.0. The van der Waals surface area contributed by atoms with Crippen LogP contribution in [0.15, 0.2) is 0 Å². The van der Waals surface area contributed by atoms with Crippen LogP contribution in [0.2, 0.25) is 0 Å². The summed E-state index contributed by atoms with van der Waals surface area (Å²) in [6.45, 7) is 1.00. The number of esters is 3. The number of ether oxygens (including phenoxy) is 4. The zero-order valence-electron chi connectivity index (χ0n) is 24.6. The maximum atomic E-state index is 13.1. The van der Waals surface area contributed by atoms with E-state index in [-0.39, 0.29) is 36.4 Å². The highest BCUT2D eigenvalue weighted by atomic mass is 19.3. The van der Waals surface area contributed by atoms with E-state index in [0.717, 1.165) is 32.1 Å². The summed E-state index contributed by atoms with van der Waals surface area (Å²) in [6.07, 6.45) is 5.61. The van der Waals surface area contributed by atoms with Crippen molar-refractivity contribution < 1.29 is 60.8 Å². The molecule has 0 spiro atoms. The average molecular weight is 621 g/mol. The van der Waals surface area contributed by atoms with Gasteiger partial charge in [0.1, 0.15) is 12.2 Å². The highest BCUT2D eigenvalue weighted by molar-refractivity contribution is 5.79. The van der Waals surface area contributed by atoms with Gasteiger partial charge in [-0.1, -0.05) is 0 Å². The molecule has 0 aromatic heterocycles. The molecule has 9 nitrogen and oxygen atoms in total. The SMILES string of the molecule is CC(F)(F)C(=O)OC1C2CC3CC1CC(C(=O)O)(C3)C2.COCOC(=O)C12CC3CC(C1)C(OC(=O)C(C)(F)F)C(C3)C2. The van der Waals surface area contributed by atoms with Crippen LogP contribution in [-0.4, -0.2) is 66.9 Å². The first-order valence-corrected chi connectivity index (χ1v) is 15.0. The molecule has 0 heterocycles. The number of rotatable bonds is 8. The molecule has 0 aromatic carbocycles. The van der Waals surface area contributed by atoms with Gasteiger partial charge in [-0.05, 0) is 99.7 Å². The second-order valence-corrected chi connectivity index (χ2v) is 14.2. The lowest BCUT2D eigenvalue weighted by molar-refractivity contribution is -0.210. The highest BCUT2D eigenvalue weighted by Gasteiger charge is 2.62. The predicted molar refractivity (Wildman–Crippen MR) is 139 cm³/mol. The van der Waals surface area contributed by atoms with Gasteiger partial charge in [0.2, 0.25) is 0 Å². The van der Waals surface area contributed by atoms with E-state index in [1.165, 1.54) is 7.11 Å². The molecular formula is C30H40F4O9. The third kappa shape index (κ3) is 6.11. The zero-order valence-corrected chi connectivity index (χ0v) is 24.6. The quantitative estimate of drug-likeness (QED) is 0.173. The van der Waals surface area contributed by atoms with E-state index in [0.29, 0.717) is 57.8 Å². The van der Waals surface area contributed by atoms with Crippen molar-refractivity contribution in [1.82, 2.24) is 0 Å². The largest absolute Gasteiger partial charge is 0.481 e. The number of hydrogen-bond donors (Lipinski definition) is 1. The summed E-state index contributed by atoms with van der Waals surface area (Å²) in [7, 11) is 1.45. The van der Waals surface area contributed by atoms with Gasteiger partial charge < -0.3 is 24.1 Å². The van der Waals surface area contributed by atoms with E-state index in [4.69, 9.17) is 18.9 Å². The molecule has 0 aromatic rings. The molecular weight excluding hydrogens is 580 g/mol. The average Bonchev–Trinajstić information content (AvgIpc) is 2.89. The molecule has 1 N–H and O–H groups in total. The molecule has 13 heteroatoms. The van der Waals surface area contributed by atoms with Gasteiger partial charge >= 0.3 is 35.7 Å². The van der Waals surface area contributed by atoms with Crippen LogP contribution in [0.4, 0.5) is 17.6 Å². The van der Waals surface area contributed by atoms with E-state index in [1.54, 1.807) is 0 Å². The number of carbonyl (C=O) groups is 4. The van der Waals surface area contributed by atoms with E-state index in [1.807, 2.05) is 0 Å². The van der Waals surface area contributed by atoms with Crippen molar-refractivity contribution in [2.75, 3.05) is 13.9 Å². The fraction of sp³-hybridized carbons (Fsp3) is 0.867. The highest BCUT2D eigenvalue weighted by Crippen LogP contribution is 2.62. The molecule has 8 bridgehead atoms. The Morgan fingerprint density at radius 1 is 0.698 bits per heavy atom. The van der Waals surface area contributed by atoms with E-state index in [9.17, 15) is 41.8 Å². The fourth-order valence-electron chi connectivity index (χ4n) is 9.57. The summed E-state index contributed by atoms with van der Waals surface area (Å²) in [5, 5.41) is 9.45. The Morgan fingerprint density at radius 2 is 1.07 bits per heavy atom. The fourth-order valence-corrected chi connectivity index (χ4v) is 9.57. The Hall–Kier alpha value is -2.44. The monoisotopic (exact) mass is 620 g/mol. The number of carbonyl (C=O) groups excluding carboxylic acids is 3. The van der Waals surface area contributed by atoms with E-state index < -0.39 is 52.8 Å². The van der Waals surface area contributed by atoms with Gasteiger partial charge in [-0.25, -0.2) is 9.59 Å². The second-order valence-electron chi connectivity index (χ2n) is 14.2. The third-order valence-electron chi connectivity index (χ3n) is 10.8. The van der Waals surface area contributed by atoms with Gasteiger partial charge in [-0.3, -0.25) is 9.59 Å². The standard InChI is InChI=1S/C16H22F2O5.C14H18F2O4/c1-15(17,18)13(19)23-12-10-3-9-4-11(12)7-16(5-9,6-10)14(20)22-8-21-2;1-13(15,16)12(19)20-10-8-2-7-3-9(10)6-14(4-7,5-8)11(17)18/h9-12H,3-8H2,1-2H3;7-10H,2-6H2,1H3,(H,17,18). The van der Waals surface area contributed by atoms with Crippen LogP contribution in [0, 0.1) is 46.3 Å². The minimum Gasteiger partial charge on any atom is -0.481 e. The van der Waals surface area contributed by atoms with Gasteiger partial charge in [0, 0.05) is 21.0 Å². The van der Waals surface area contributed by atoms with Crippen LogP contribution < -0.4 is 0 Å². The maximum absolute atomic E-state index is 13.1. The van der Waals surface area contributed by atoms with Crippen LogP contribution in [-0.2, 0) is 38.1 Å². The lowest BCUT2D eigenvalue weighted by Gasteiger charge is -2.57. The molecule has 0 saturated heterocycles. The summed E-state index contributed by atoms with van der Waals surface area (Å²) in [5.41, 5.74) is -1.28. The lowest BCUT2D eigenvalue weighted by Crippen LogP contribution is -2.58. The zero-order chi connectivity index (χ0) is 31.5. The van der Waals surface area contributed by atoms with Crippen molar-refractivity contribution in [1.29, 1.82) is 0 Å². The first-order valence-electron chi connectivity index (χ1n) is 15.0. The Bertz CT molecular complexity index is 1100. The summed E-state index contributed by atoms with van der Waals surface area (Å²) in [6, 6.07) is 0. The lowest BCUT2D eigenvalue weighted by atomic mass is 9.48. The molecule has 8 aliphatic rings. The molecule has 8 aliphatic carbocycles. The molecule has 8 saturated carbocycles. The van der Waals surface area contributed by atoms with Gasteiger partial charge in [0.05, 0.1) is 10.8 Å². The summed E-state index contributed by atoms with van der Waals surface area (Å²) in [5.74, 6) is -10.5. The molecule has 8 fully saturated rings. The summed E-state index contributed by atoms with van der Waals surface area (Å²) >= 11 is 0. The number of hydrogen-bond acceptors (Lipinski definition) is 8. The summed E-state index contributed by atoms with van der Waals surface area (Å²) < 4.78 is 72.3. The topological polar surface area (TPSA) is 125 Å². The molecule has 0 radical (unpaired) electrons. The molecule has 0 aliphatic heterocycles. The van der Waals surface area contributed by atoms with Crippen molar-refractivity contribution in [2.45, 2.75) is 102 Å². The van der Waals surface area contributed by atoms with Gasteiger partial charge in [0.15, 0.2) is 6.79 Å². The van der Waals surface area contributed by atoms with Crippen molar-refractivity contribution >= 4 is 23.9 Å². The number of carboxylic acids is 1. The predicted octanol–water partition coefficient (Wildman–Crippen LogP) is 4.99. The van der Waals surface area contributed by atoms with Crippen LogP contribution >= 0.6 is 0 Å². The Morgan fingerprint density at radius 3 is 1.42 bits per heavy atom. The van der Waals surface area contributed by atoms with Gasteiger partial charge in [0.25, 0.3) is 0 Å². The van der Waals surface area contributed by atoms with Crippen molar-refractivity contribution in [3.63, 3.8) is 0 Å². The van der Waals surface area contributed by atoms with Crippen molar-refractivity contribution in [3.8, 4) is 0 Å². The molecule has 8 rings (SSSR count). The smallest absolute Gasteiger partial charge is 0.376 e. The molecule has 43 heavy (non-hydrogen) atoms. The minimum atomic E-state index is -3.49. The van der Waals surface area contributed by atoms with Gasteiger partial charge in [-0.2, -0.15) is 17.6 Å².